The monoisotopic (exact) mass is 212 g/mol. The van der Waals surface area contributed by atoms with Crippen molar-refractivity contribution < 1.29 is 9.90 Å². The van der Waals surface area contributed by atoms with E-state index >= 15 is 0 Å². The zero-order chi connectivity index (χ0) is 11.5. The molecule has 0 saturated carbocycles. The highest BCUT2D eigenvalue weighted by Crippen LogP contribution is 2.23. The molecule has 0 radical (unpaired) electrons. The predicted molar refractivity (Wildman–Crippen MR) is 65.4 cm³/mol. The van der Waals surface area contributed by atoms with Gasteiger partial charge in [-0.2, -0.15) is 0 Å². The first-order valence-electron chi connectivity index (χ1n) is 5.08. The molecule has 2 aromatic carbocycles. The van der Waals surface area contributed by atoms with Crippen molar-refractivity contribution in [2.75, 3.05) is 0 Å². The Kier molecular flexibility index (Phi) is 2.73. The van der Waals surface area contributed by atoms with Crippen LogP contribution in [0.3, 0.4) is 0 Å². The lowest BCUT2D eigenvalue weighted by Crippen LogP contribution is -1.87. The van der Waals surface area contributed by atoms with E-state index in [1.807, 2.05) is 43.3 Å². The van der Waals surface area contributed by atoms with E-state index in [-0.39, 0.29) is 0 Å². The van der Waals surface area contributed by atoms with Gasteiger partial charge in [0.05, 0.1) is 0 Å². The van der Waals surface area contributed by atoms with Crippen LogP contribution in [0.1, 0.15) is 11.1 Å². The lowest BCUT2D eigenvalue weighted by molar-refractivity contribution is -0.131. The zero-order valence-corrected chi connectivity index (χ0v) is 8.97. The van der Waals surface area contributed by atoms with E-state index in [2.05, 4.69) is 0 Å². The summed E-state index contributed by atoms with van der Waals surface area (Å²) in [5, 5.41) is 10.9. The lowest BCUT2D eigenvalue weighted by Gasteiger charge is -2.04. The van der Waals surface area contributed by atoms with Crippen molar-refractivity contribution in [2.45, 2.75) is 6.92 Å². The number of carboxylic acid groups (broad SMARTS) is 1. The number of aryl methyl sites for hydroxylation is 1. The summed E-state index contributed by atoms with van der Waals surface area (Å²) in [6.07, 6.45) is 2.79. The van der Waals surface area contributed by atoms with Gasteiger partial charge in [-0.05, 0) is 34.9 Å². The standard InChI is InChI=1S/C14H12O2/c1-10-6-7-11(8-9-14(15)16)13-5-3-2-4-12(10)13/h2-9H,1H3,(H,15,16). The van der Waals surface area contributed by atoms with Gasteiger partial charge in [-0.1, -0.05) is 36.4 Å². The Morgan fingerprint density at radius 2 is 1.81 bits per heavy atom. The molecule has 0 saturated heterocycles. The van der Waals surface area contributed by atoms with Gasteiger partial charge in [0, 0.05) is 6.08 Å². The molecule has 0 fully saturated rings. The van der Waals surface area contributed by atoms with Gasteiger partial charge in [0.25, 0.3) is 0 Å². The van der Waals surface area contributed by atoms with Crippen LogP contribution in [0.25, 0.3) is 16.8 Å². The molecule has 2 nitrogen and oxygen atoms in total. The maximum absolute atomic E-state index is 10.5. The number of fused-ring (bicyclic) bond motifs is 1. The van der Waals surface area contributed by atoms with Gasteiger partial charge in [-0.3, -0.25) is 0 Å². The summed E-state index contributed by atoms with van der Waals surface area (Å²) in [5.41, 5.74) is 2.13. The van der Waals surface area contributed by atoms with E-state index in [9.17, 15) is 4.79 Å². The predicted octanol–water partition coefficient (Wildman–Crippen LogP) is 3.25. The van der Waals surface area contributed by atoms with Gasteiger partial charge in [0.2, 0.25) is 0 Å². The molecule has 1 N–H and O–H groups in total. The number of carboxylic acids is 1. The summed E-state index contributed by atoms with van der Waals surface area (Å²) in [6.45, 7) is 2.05. The van der Waals surface area contributed by atoms with Crippen LogP contribution in [0.4, 0.5) is 0 Å². The first kappa shape index (κ1) is 10.4. The third-order valence-corrected chi connectivity index (χ3v) is 2.58. The van der Waals surface area contributed by atoms with Crippen LogP contribution in [-0.2, 0) is 4.79 Å². The van der Waals surface area contributed by atoms with E-state index in [0.29, 0.717) is 0 Å². The lowest BCUT2D eigenvalue weighted by atomic mass is 10.00. The molecule has 16 heavy (non-hydrogen) atoms. The average molecular weight is 212 g/mol. The van der Waals surface area contributed by atoms with Gasteiger partial charge in [0.1, 0.15) is 0 Å². The van der Waals surface area contributed by atoms with Gasteiger partial charge < -0.3 is 5.11 Å². The summed E-state index contributed by atoms with van der Waals surface area (Å²) >= 11 is 0. The second-order valence-corrected chi connectivity index (χ2v) is 3.69. The van der Waals surface area contributed by atoms with Crippen molar-refractivity contribution in [3.05, 3.63) is 53.6 Å². The molecule has 0 aromatic heterocycles. The van der Waals surface area contributed by atoms with Gasteiger partial charge in [0.15, 0.2) is 0 Å². The maximum atomic E-state index is 10.5. The fourth-order valence-electron chi connectivity index (χ4n) is 1.78. The van der Waals surface area contributed by atoms with Crippen LogP contribution in [0.2, 0.25) is 0 Å². The largest absolute Gasteiger partial charge is 0.478 e. The van der Waals surface area contributed by atoms with Crippen molar-refractivity contribution in [3.63, 3.8) is 0 Å². The second kappa shape index (κ2) is 4.19. The molecule has 0 amide bonds. The Morgan fingerprint density at radius 3 is 2.50 bits per heavy atom. The maximum Gasteiger partial charge on any atom is 0.328 e. The molecule has 0 spiro atoms. The number of hydrogen-bond donors (Lipinski definition) is 1. The Balaban J connectivity index is 2.63. The third kappa shape index (κ3) is 1.96. The minimum absolute atomic E-state index is 0.926. The molecule has 80 valence electrons. The number of hydrogen-bond acceptors (Lipinski definition) is 1. The highest BCUT2D eigenvalue weighted by molar-refractivity contribution is 5.95. The van der Waals surface area contributed by atoms with Crippen molar-refractivity contribution >= 4 is 22.8 Å². The third-order valence-electron chi connectivity index (χ3n) is 2.58. The molecule has 0 heterocycles. The molecule has 0 aliphatic heterocycles. The molecule has 2 heteroatoms. The van der Waals surface area contributed by atoms with Crippen LogP contribution < -0.4 is 0 Å². The molecular weight excluding hydrogens is 200 g/mol. The number of aliphatic carboxylic acids is 1. The Morgan fingerprint density at radius 1 is 1.12 bits per heavy atom. The number of rotatable bonds is 2. The Labute approximate surface area is 93.8 Å². The van der Waals surface area contributed by atoms with E-state index in [0.717, 1.165) is 22.4 Å². The summed E-state index contributed by atoms with van der Waals surface area (Å²) in [5.74, 6) is -0.926. The molecule has 0 atom stereocenters. The summed E-state index contributed by atoms with van der Waals surface area (Å²) < 4.78 is 0. The van der Waals surface area contributed by atoms with Crippen LogP contribution >= 0.6 is 0 Å². The smallest absolute Gasteiger partial charge is 0.328 e. The summed E-state index contributed by atoms with van der Waals surface area (Å²) in [6, 6.07) is 11.9. The van der Waals surface area contributed by atoms with Crippen molar-refractivity contribution in [2.24, 2.45) is 0 Å². The number of benzene rings is 2. The van der Waals surface area contributed by atoms with E-state index in [4.69, 9.17) is 5.11 Å². The first-order chi connectivity index (χ1) is 7.68. The van der Waals surface area contributed by atoms with Gasteiger partial charge in [-0.25, -0.2) is 4.79 Å². The second-order valence-electron chi connectivity index (χ2n) is 3.69. The van der Waals surface area contributed by atoms with Crippen LogP contribution in [0.5, 0.6) is 0 Å². The Bertz CT molecular complexity index is 568. The molecule has 0 unspecified atom stereocenters. The van der Waals surface area contributed by atoms with E-state index in [1.54, 1.807) is 6.08 Å². The first-order valence-corrected chi connectivity index (χ1v) is 5.08. The topological polar surface area (TPSA) is 37.3 Å². The molecule has 2 aromatic rings. The normalized spacial score (nSPS) is 11.1. The van der Waals surface area contributed by atoms with Crippen LogP contribution in [0.15, 0.2) is 42.5 Å². The highest BCUT2D eigenvalue weighted by atomic mass is 16.4. The van der Waals surface area contributed by atoms with Crippen molar-refractivity contribution in [1.82, 2.24) is 0 Å². The van der Waals surface area contributed by atoms with E-state index < -0.39 is 5.97 Å². The SMILES string of the molecule is Cc1ccc(C=CC(=O)O)c2ccccc12. The quantitative estimate of drug-likeness (QED) is 0.776. The van der Waals surface area contributed by atoms with Crippen LogP contribution in [-0.4, -0.2) is 11.1 Å². The Hall–Kier alpha value is -2.09. The molecule has 2 rings (SSSR count). The molecular formula is C14H12O2. The number of carbonyl (C=O) groups is 1. The highest BCUT2D eigenvalue weighted by Gasteiger charge is 2.00. The van der Waals surface area contributed by atoms with Crippen LogP contribution in [0, 0.1) is 6.92 Å². The minimum atomic E-state index is -0.926. The summed E-state index contributed by atoms with van der Waals surface area (Å²) in [4.78, 5) is 10.5. The molecule has 0 bridgehead atoms. The van der Waals surface area contributed by atoms with E-state index in [1.165, 1.54) is 5.56 Å². The molecule has 0 aliphatic rings. The van der Waals surface area contributed by atoms with Gasteiger partial charge >= 0.3 is 5.97 Å². The summed E-state index contributed by atoms with van der Waals surface area (Å²) in [7, 11) is 0. The zero-order valence-electron chi connectivity index (χ0n) is 8.97. The molecule has 0 aliphatic carbocycles. The van der Waals surface area contributed by atoms with Crippen molar-refractivity contribution in [3.8, 4) is 0 Å². The fraction of sp³-hybridized carbons (Fsp3) is 0.0714. The van der Waals surface area contributed by atoms with Crippen molar-refractivity contribution in [1.29, 1.82) is 0 Å². The fourth-order valence-corrected chi connectivity index (χ4v) is 1.78. The minimum Gasteiger partial charge on any atom is -0.478 e. The average Bonchev–Trinajstić information content (AvgIpc) is 2.28. The van der Waals surface area contributed by atoms with Gasteiger partial charge in [-0.15, -0.1) is 0 Å².